The number of rotatable bonds is 4. The van der Waals surface area contributed by atoms with E-state index in [1.54, 1.807) is 17.0 Å². The number of nitrogens with two attached hydrogens (primary N) is 1. The number of likely N-dealkylation sites (tertiary alicyclic amines) is 1. The smallest absolute Gasteiger partial charge is 0.257 e. The molecule has 22 heavy (non-hydrogen) atoms. The van der Waals surface area contributed by atoms with Crippen molar-refractivity contribution in [1.29, 1.82) is 0 Å². The van der Waals surface area contributed by atoms with Gasteiger partial charge in [0.25, 0.3) is 5.91 Å². The maximum atomic E-state index is 12.5. The largest absolute Gasteiger partial charge is 0.507 e. The first kappa shape index (κ1) is 16.8. The first-order valence-corrected chi connectivity index (χ1v) is 8.07. The summed E-state index contributed by atoms with van der Waals surface area (Å²) in [7, 11) is 0. The summed E-state index contributed by atoms with van der Waals surface area (Å²) in [6, 6.07) is 4.74. The number of benzene rings is 1. The monoisotopic (exact) mass is 369 g/mol. The lowest BCUT2D eigenvalue weighted by Crippen LogP contribution is -2.46. The van der Waals surface area contributed by atoms with Crippen LogP contribution >= 0.6 is 15.9 Å². The van der Waals surface area contributed by atoms with Gasteiger partial charge in [0.1, 0.15) is 5.75 Å². The van der Waals surface area contributed by atoms with Crippen LogP contribution < -0.4 is 11.1 Å². The molecular formula is C15H20BrN3O3. The number of phenols is 1. The number of nitrogens with zero attached hydrogens (tertiary/aromatic N) is 1. The van der Waals surface area contributed by atoms with Crippen LogP contribution in [0, 0.1) is 5.92 Å². The predicted octanol–water partition coefficient (Wildman–Crippen LogP) is 1.08. The average molecular weight is 370 g/mol. The van der Waals surface area contributed by atoms with Crippen LogP contribution in [-0.4, -0.2) is 48.0 Å². The molecular weight excluding hydrogens is 350 g/mol. The third kappa shape index (κ3) is 3.98. The zero-order valence-electron chi connectivity index (χ0n) is 12.2. The Hall–Kier alpha value is -1.60. The van der Waals surface area contributed by atoms with Gasteiger partial charge >= 0.3 is 0 Å². The summed E-state index contributed by atoms with van der Waals surface area (Å²) in [5.74, 6) is -0.599. The van der Waals surface area contributed by atoms with Gasteiger partial charge in [0.05, 0.1) is 11.5 Å². The second kappa shape index (κ2) is 7.60. The molecule has 0 radical (unpaired) electrons. The highest BCUT2D eigenvalue weighted by Gasteiger charge is 2.29. The normalized spacial score (nSPS) is 18.1. The quantitative estimate of drug-likeness (QED) is 0.739. The van der Waals surface area contributed by atoms with E-state index in [0.717, 1.165) is 17.3 Å². The van der Waals surface area contributed by atoms with E-state index >= 15 is 0 Å². The summed E-state index contributed by atoms with van der Waals surface area (Å²) >= 11 is 3.29. The number of nitrogens with one attached hydrogen (secondary N) is 1. The number of carbonyl (C=O) groups is 2. The summed E-state index contributed by atoms with van der Waals surface area (Å²) in [5, 5.41) is 12.6. The van der Waals surface area contributed by atoms with Crippen LogP contribution in [0.4, 0.5) is 0 Å². The molecule has 6 nitrogen and oxygen atoms in total. The second-order valence-electron chi connectivity index (χ2n) is 5.33. The van der Waals surface area contributed by atoms with Gasteiger partial charge in [-0.1, -0.05) is 15.9 Å². The molecule has 7 heteroatoms. The third-order valence-corrected chi connectivity index (χ3v) is 4.21. The van der Waals surface area contributed by atoms with Crippen molar-refractivity contribution in [2.75, 3.05) is 26.2 Å². The van der Waals surface area contributed by atoms with Crippen molar-refractivity contribution in [3.63, 3.8) is 0 Å². The summed E-state index contributed by atoms with van der Waals surface area (Å²) < 4.78 is 0.725. The van der Waals surface area contributed by atoms with Gasteiger partial charge in [-0.2, -0.15) is 0 Å². The van der Waals surface area contributed by atoms with Crippen LogP contribution in [0.15, 0.2) is 22.7 Å². The van der Waals surface area contributed by atoms with E-state index in [1.165, 1.54) is 6.07 Å². The van der Waals surface area contributed by atoms with Crippen LogP contribution in [0.25, 0.3) is 0 Å². The summed E-state index contributed by atoms with van der Waals surface area (Å²) in [5.41, 5.74) is 5.62. The minimum atomic E-state index is -0.255. The number of hydrogen-bond acceptors (Lipinski definition) is 4. The molecule has 1 atom stereocenters. The van der Waals surface area contributed by atoms with E-state index in [2.05, 4.69) is 21.2 Å². The summed E-state index contributed by atoms with van der Waals surface area (Å²) in [6.07, 6.45) is 1.52. The Kier molecular flexibility index (Phi) is 5.79. The zero-order chi connectivity index (χ0) is 16.1. The van der Waals surface area contributed by atoms with Gasteiger partial charge in [-0.15, -0.1) is 0 Å². The molecule has 1 unspecified atom stereocenters. The lowest BCUT2D eigenvalue weighted by molar-refractivity contribution is -0.126. The van der Waals surface area contributed by atoms with E-state index in [0.29, 0.717) is 26.2 Å². The van der Waals surface area contributed by atoms with Gasteiger partial charge in [-0.3, -0.25) is 9.59 Å². The fourth-order valence-electron chi connectivity index (χ4n) is 2.57. The first-order chi connectivity index (χ1) is 10.5. The van der Waals surface area contributed by atoms with Gasteiger partial charge in [-0.25, -0.2) is 0 Å². The molecule has 0 spiro atoms. The lowest BCUT2D eigenvalue weighted by Gasteiger charge is -2.32. The Morgan fingerprint density at radius 1 is 1.45 bits per heavy atom. The molecule has 1 aromatic carbocycles. The molecule has 1 aromatic rings. The van der Waals surface area contributed by atoms with Crippen molar-refractivity contribution in [3.8, 4) is 5.75 Å². The molecule has 1 aliphatic heterocycles. The average Bonchev–Trinajstić information content (AvgIpc) is 2.54. The van der Waals surface area contributed by atoms with Crippen LogP contribution in [0.5, 0.6) is 5.75 Å². The van der Waals surface area contributed by atoms with Crippen molar-refractivity contribution in [1.82, 2.24) is 10.2 Å². The number of piperidine rings is 1. The minimum Gasteiger partial charge on any atom is -0.507 e. The van der Waals surface area contributed by atoms with Gasteiger partial charge in [-0.05, 0) is 31.0 Å². The van der Waals surface area contributed by atoms with Crippen molar-refractivity contribution in [2.45, 2.75) is 12.8 Å². The molecule has 1 fully saturated rings. The van der Waals surface area contributed by atoms with Crippen LogP contribution in [0.2, 0.25) is 0 Å². The van der Waals surface area contributed by atoms with Gasteiger partial charge in [0.2, 0.25) is 5.91 Å². The topological polar surface area (TPSA) is 95.7 Å². The molecule has 0 saturated carbocycles. The van der Waals surface area contributed by atoms with E-state index in [1.807, 2.05) is 0 Å². The molecule has 120 valence electrons. The Labute approximate surface area is 137 Å². The maximum absolute atomic E-state index is 12.5. The first-order valence-electron chi connectivity index (χ1n) is 7.28. The second-order valence-corrected chi connectivity index (χ2v) is 6.25. The minimum absolute atomic E-state index is 0.0529. The van der Waals surface area contributed by atoms with Crippen molar-refractivity contribution < 1.29 is 14.7 Å². The molecule has 2 amide bonds. The van der Waals surface area contributed by atoms with Gasteiger partial charge in [0.15, 0.2) is 0 Å². The van der Waals surface area contributed by atoms with Crippen molar-refractivity contribution >= 4 is 27.7 Å². The number of aromatic hydroxyl groups is 1. The van der Waals surface area contributed by atoms with Crippen LogP contribution in [0.3, 0.4) is 0 Å². The van der Waals surface area contributed by atoms with E-state index < -0.39 is 0 Å². The Bertz CT molecular complexity index is 565. The van der Waals surface area contributed by atoms with Gasteiger partial charge < -0.3 is 21.1 Å². The highest BCUT2D eigenvalue weighted by atomic mass is 79.9. The molecule has 2 rings (SSSR count). The Balaban J connectivity index is 2.07. The van der Waals surface area contributed by atoms with E-state index in [-0.39, 0.29) is 29.0 Å². The highest BCUT2D eigenvalue weighted by Crippen LogP contribution is 2.25. The third-order valence-electron chi connectivity index (χ3n) is 3.71. The van der Waals surface area contributed by atoms with E-state index in [4.69, 9.17) is 5.73 Å². The van der Waals surface area contributed by atoms with E-state index in [9.17, 15) is 14.7 Å². The molecule has 4 N–H and O–H groups in total. The molecule has 1 aliphatic rings. The Morgan fingerprint density at radius 3 is 2.95 bits per heavy atom. The predicted molar refractivity (Wildman–Crippen MR) is 86.5 cm³/mol. The SMILES string of the molecule is NCCNC(=O)C1CCCN(C(=O)c2cc(Br)ccc2O)C1. The fourth-order valence-corrected chi connectivity index (χ4v) is 2.93. The highest BCUT2D eigenvalue weighted by molar-refractivity contribution is 9.10. The molecule has 1 heterocycles. The van der Waals surface area contributed by atoms with Crippen LogP contribution in [-0.2, 0) is 4.79 Å². The number of amides is 2. The van der Waals surface area contributed by atoms with Gasteiger partial charge in [0, 0.05) is 30.7 Å². The lowest BCUT2D eigenvalue weighted by atomic mass is 9.96. The van der Waals surface area contributed by atoms with Crippen LogP contribution in [0.1, 0.15) is 23.2 Å². The Morgan fingerprint density at radius 2 is 2.23 bits per heavy atom. The molecule has 1 saturated heterocycles. The fraction of sp³-hybridized carbons (Fsp3) is 0.467. The van der Waals surface area contributed by atoms with Crippen molar-refractivity contribution in [3.05, 3.63) is 28.2 Å². The number of hydrogen-bond donors (Lipinski definition) is 3. The summed E-state index contributed by atoms with van der Waals surface area (Å²) in [6.45, 7) is 1.79. The maximum Gasteiger partial charge on any atom is 0.257 e. The van der Waals surface area contributed by atoms with Crippen molar-refractivity contribution in [2.24, 2.45) is 11.7 Å². The standard InChI is InChI=1S/C15H20BrN3O3/c16-11-3-4-13(20)12(8-11)15(22)19-7-1-2-10(9-19)14(21)18-6-5-17/h3-4,8,10,20H,1-2,5-7,9,17H2,(H,18,21). The molecule has 0 aromatic heterocycles. The number of carbonyl (C=O) groups excluding carboxylic acids is 2. The number of halogens is 1. The molecule has 0 bridgehead atoms. The molecule has 0 aliphatic carbocycles. The summed E-state index contributed by atoms with van der Waals surface area (Å²) in [4.78, 5) is 26.2. The number of phenolic OH excluding ortho intramolecular Hbond substituents is 1. The zero-order valence-corrected chi connectivity index (χ0v) is 13.8.